The molecule has 122 valence electrons. The van der Waals surface area contributed by atoms with Crippen LogP contribution in [0, 0.1) is 5.92 Å². The van der Waals surface area contributed by atoms with Crippen LogP contribution in [0.25, 0.3) is 0 Å². The fourth-order valence-electron chi connectivity index (χ4n) is 3.38. The first kappa shape index (κ1) is 16.6. The summed E-state index contributed by atoms with van der Waals surface area (Å²) in [5.74, 6) is 0.450. The Balaban J connectivity index is 1.69. The Hall–Kier alpha value is -0.780. The quantitative estimate of drug-likeness (QED) is 0.787. The van der Waals surface area contributed by atoms with Gasteiger partial charge < -0.3 is 10.6 Å². The van der Waals surface area contributed by atoms with E-state index in [1.807, 2.05) is 0 Å². The van der Waals surface area contributed by atoms with E-state index in [4.69, 9.17) is 0 Å². The lowest BCUT2D eigenvalue weighted by atomic mass is 9.95. The monoisotopic (exact) mass is 306 g/mol. The van der Waals surface area contributed by atoms with Gasteiger partial charge in [-0.15, -0.1) is 0 Å². The molecule has 21 heavy (non-hydrogen) atoms. The van der Waals surface area contributed by atoms with Crippen molar-refractivity contribution in [3.8, 4) is 0 Å². The van der Waals surface area contributed by atoms with Gasteiger partial charge in [-0.1, -0.05) is 25.7 Å². The number of rotatable bonds is 3. The molecule has 0 aromatic heterocycles. The van der Waals surface area contributed by atoms with Gasteiger partial charge >= 0.3 is 6.18 Å². The second kappa shape index (κ2) is 7.47. The molecule has 1 heterocycles. The molecular weight excluding hydrogens is 281 g/mol. The van der Waals surface area contributed by atoms with Gasteiger partial charge in [0.2, 0.25) is 5.91 Å². The van der Waals surface area contributed by atoms with E-state index in [-0.39, 0.29) is 24.9 Å². The number of amides is 1. The van der Waals surface area contributed by atoms with Gasteiger partial charge in [-0.05, 0) is 31.6 Å². The van der Waals surface area contributed by atoms with E-state index >= 15 is 0 Å². The lowest BCUT2D eigenvalue weighted by Gasteiger charge is -2.31. The molecule has 6 heteroatoms. The Bertz CT molecular complexity index is 330. The van der Waals surface area contributed by atoms with Crippen LogP contribution < -0.4 is 10.6 Å². The Kier molecular flexibility index (Phi) is 5.90. The summed E-state index contributed by atoms with van der Waals surface area (Å²) in [6.07, 6.45) is 3.87. The molecule has 0 aromatic carbocycles. The molecule has 3 nitrogen and oxygen atoms in total. The smallest absolute Gasteiger partial charge is 0.352 e. The Morgan fingerprint density at radius 3 is 2.24 bits per heavy atom. The lowest BCUT2D eigenvalue weighted by molar-refractivity contribution is -0.161. The molecule has 1 saturated carbocycles. The third-order valence-electron chi connectivity index (χ3n) is 4.62. The van der Waals surface area contributed by atoms with Crippen molar-refractivity contribution in [2.75, 3.05) is 6.54 Å². The first-order valence-electron chi connectivity index (χ1n) is 8.04. The number of nitrogens with one attached hydrogen (secondary N) is 2. The number of alkyl halides is 3. The molecule has 2 fully saturated rings. The number of carbonyl (C=O) groups is 1. The fourth-order valence-corrected chi connectivity index (χ4v) is 3.38. The normalized spacial score (nSPS) is 28.9. The Morgan fingerprint density at radius 2 is 1.71 bits per heavy atom. The van der Waals surface area contributed by atoms with Crippen LogP contribution >= 0.6 is 0 Å². The predicted molar refractivity (Wildman–Crippen MR) is 74.8 cm³/mol. The molecule has 0 radical (unpaired) electrons. The SMILES string of the molecule is O=C(CC1CCCCCC1)NC1CCC(C(F)(F)F)NC1. The fraction of sp³-hybridized carbons (Fsp3) is 0.933. The second-order valence-corrected chi connectivity index (χ2v) is 6.41. The zero-order chi connectivity index (χ0) is 15.3. The van der Waals surface area contributed by atoms with Gasteiger partial charge in [0.1, 0.15) is 6.04 Å². The molecular formula is C15H25F3N2O. The van der Waals surface area contributed by atoms with Gasteiger partial charge in [0.05, 0.1) is 0 Å². The lowest BCUT2D eigenvalue weighted by Crippen LogP contribution is -2.54. The zero-order valence-corrected chi connectivity index (χ0v) is 12.3. The van der Waals surface area contributed by atoms with Crippen LogP contribution in [0.1, 0.15) is 57.8 Å². The maximum absolute atomic E-state index is 12.5. The molecule has 1 amide bonds. The van der Waals surface area contributed by atoms with Crippen LogP contribution in [0.3, 0.4) is 0 Å². The van der Waals surface area contributed by atoms with Gasteiger partial charge in [-0.3, -0.25) is 4.79 Å². The molecule has 1 aliphatic carbocycles. The Morgan fingerprint density at radius 1 is 1.05 bits per heavy atom. The summed E-state index contributed by atoms with van der Waals surface area (Å²) < 4.78 is 37.6. The molecule has 1 aliphatic heterocycles. The molecule has 2 unspecified atom stereocenters. The van der Waals surface area contributed by atoms with Crippen molar-refractivity contribution in [3.63, 3.8) is 0 Å². The maximum atomic E-state index is 12.5. The van der Waals surface area contributed by atoms with Crippen LogP contribution in [-0.4, -0.2) is 30.7 Å². The number of piperidine rings is 1. The van der Waals surface area contributed by atoms with Gasteiger partial charge in [-0.25, -0.2) is 0 Å². The van der Waals surface area contributed by atoms with Crippen LogP contribution in [0.2, 0.25) is 0 Å². The third kappa shape index (κ3) is 5.49. The third-order valence-corrected chi connectivity index (χ3v) is 4.62. The van der Waals surface area contributed by atoms with Crippen molar-refractivity contribution in [2.45, 2.75) is 76.0 Å². The largest absolute Gasteiger partial charge is 0.403 e. The first-order valence-corrected chi connectivity index (χ1v) is 8.04. The van der Waals surface area contributed by atoms with E-state index in [2.05, 4.69) is 10.6 Å². The molecule has 2 aliphatic rings. The minimum atomic E-state index is -4.19. The van der Waals surface area contributed by atoms with Gasteiger partial charge in [-0.2, -0.15) is 13.2 Å². The molecule has 0 spiro atoms. The summed E-state index contributed by atoms with van der Waals surface area (Å²) in [6, 6.07) is -1.59. The van der Waals surface area contributed by atoms with Crippen molar-refractivity contribution in [1.82, 2.24) is 10.6 Å². The highest BCUT2D eigenvalue weighted by atomic mass is 19.4. The van der Waals surface area contributed by atoms with Crippen molar-refractivity contribution in [3.05, 3.63) is 0 Å². The highest BCUT2D eigenvalue weighted by molar-refractivity contribution is 5.76. The average Bonchev–Trinajstić information content (AvgIpc) is 2.67. The first-order chi connectivity index (χ1) is 9.95. The topological polar surface area (TPSA) is 41.1 Å². The van der Waals surface area contributed by atoms with E-state index in [1.165, 1.54) is 25.7 Å². The molecule has 2 atom stereocenters. The summed E-state index contributed by atoms with van der Waals surface area (Å²) in [5.41, 5.74) is 0. The number of hydrogen-bond acceptors (Lipinski definition) is 2. The van der Waals surface area contributed by atoms with Gasteiger partial charge in [0.25, 0.3) is 0 Å². The van der Waals surface area contributed by atoms with Gasteiger partial charge in [0, 0.05) is 19.0 Å². The summed E-state index contributed by atoms with van der Waals surface area (Å²) in [6.45, 7) is 0.209. The summed E-state index contributed by atoms with van der Waals surface area (Å²) >= 11 is 0. The van der Waals surface area contributed by atoms with E-state index < -0.39 is 12.2 Å². The van der Waals surface area contributed by atoms with E-state index in [9.17, 15) is 18.0 Å². The predicted octanol–water partition coefficient (Wildman–Crippen LogP) is 3.15. The van der Waals surface area contributed by atoms with E-state index in [1.54, 1.807) is 0 Å². The summed E-state index contributed by atoms with van der Waals surface area (Å²) in [7, 11) is 0. The van der Waals surface area contributed by atoms with Crippen LogP contribution in [0.5, 0.6) is 0 Å². The standard InChI is InChI=1S/C15H25F3N2O/c16-15(17,18)13-8-7-12(10-19-13)20-14(21)9-11-5-3-1-2-4-6-11/h11-13,19H,1-10H2,(H,20,21). The van der Waals surface area contributed by atoms with E-state index in [0.717, 1.165) is 12.8 Å². The van der Waals surface area contributed by atoms with Crippen LogP contribution in [-0.2, 0) is 4.79 Å². The van der Waals surface area contributed by atoms with E-state index in [0.29, 0.717) is 18.8 Å². The molecule has 2 N–H and O–H groups in total. The number of carbonyl (C=O) groups excluding carboxylic acids is 1. The minimum absolute atomic E-state index is 0.000779. The minimum Gasteiger partial charge on any atom is -0.352 e. The van der Waals surface area contributed by atoms with Crippen molar-refractivity contribution in [2.24, 2.45) is 5.92 Å². The summed E-state index contributed by atoms with van der Waals surface area (Å²) in [5, 5.41) is 5.38. The molecule has 0 bridgehead atoms. The second-order valence-electron chi connectivity index (χ2n) is 6.41. The van der Waals surface area contributed by atoms with Crippen molar-refractivity contribution in [1.29, 1.82) is 0 Å². The van der Waals surface area contributed by atoms with Gasteiger partial charge in [0.15, 0.2) is 0 Å². The van der Waals surface area contributed by atoms with Crippen LogP contribution in [0.15, 0.2) is 0 Å². The highest BCUT2D eigenvalue weighted by Gasteiger charge is 2.41. The molecule has 0 aromatic rings. The zero-order valence-electron chi connectivity index (χ0n) is 12.3. The average molecular weight is 306 g/mol. The highest BCUT2D eigenvalue weighted by Crippen LogP contribution is 2.27. The molecule has 2 rings (SSSR count). The maximum Gasteiger partial charge on any atom is 0.403 e. The van der Waals surface area contributed by atoms with Crippen LogP contribution in [0.4, 0.5) is 13.2 Å². The summed E-state index contributed by atoms with van der Waals surface area (Å²) in [4.78, 5) is 12.0. The number of hydrogen-bond donors (Lipinski definition) is 2. The number of halogens is 3. The van der Waals surface area contributed by atoms with Crippen molar-refractivity contribution >= 4 is 5.91 Å². The molecule has 1 saturated heterocycles. The van der Waals surface area contributed by atoms with Crippen molar-refractivity contribution < 1.29 is 18.0 Å². The Labute approximate surface area is 124 Å².